The number of hydrogen-bond donors (Lipinski definition) is 1. The van der Waals surface area contributed by atoms with Crippen LogP contribution in [0.15, 0.2) is 24.3 Å². The van der Waals surface area contributed by atoms with Crippen molar-refractivity contribution in [2.45, 2.75) is 31.8 Å². The number of likely N-dealkylation sites (tertiary alicyclic amines) is 1. The Kier molecular flexibility index (Phi) is 5.39. The molecule has 6 heteroatoms. The Morgan fingerprint density at radius 3 is 2.68 bits per heavy atom. The van der Waals surface area contributed by atoms with Crippen LogP contribution in [0.25, 0.3) is 0 Å². The summed E-state index contributed by atoms with van der Waals surface area (Å²) in [6, 6.07) is 8.12. The van der Waals surface area contributed by atoms with E-state index in [2.05, 4.69) is 0 Å². The first-order valence-electron chi connectivity index (χ1n) is 8.87. The van der Waals surface area contributed by atoms with E-state index in [4.69, 9.17) is 4.74 Å². The molecule has 2 aliphatic heterocycles. The molecule has 1 atom stereocenters. The molecule has 1 unspecified atom stereocenters. The van der Waals surface area contributed by atoms with Crippen LogP contribution in [0.5, 0.6) is 0 Å². The highest BCUT2D eigenvalue weighted by Gasteiger charge is 2.38. The average molecular weight is 346 g/mol. The largest absolute Gasteiger partial charge is 0.393 e. The summed E-state index contributed by atoms with van der Waals surface area (Å²) in [5.41, 5.74) is 1.47. The number of amides is 2. The van der Waals surface area contributed by atoms with E-state index < -0.39 is 5.60 Å². The topological polar surface area (TPSA) is 70.1 Å². The molecule has 0 spiro atoms. The van der Waals surface area contributed by atoms with Crippen molar-refractivity contribution in [3.05, 3.63) is 35.4 Å². The van der Waals surface area contributed by atoms with Crippen LogP contribution >= 0.6 is 0 Å². The maximum absolute atomic E-state index is 12.6. The minimum atomic E-state index is -0.780. The number of hydrogen-bond acceptors (Lipinski definition) is 4. The molecule has 1 aromatic carbocycles. The minimum Gasteiger partial charge on any atom is -0.393 e. The molecule has 1 aromatic rings. The number of morpholine rings is 1. The van der Waals surface area contributed by atoms with Crippen LogP contribution in [0, 0.1) is 6.92 Å². The number of carbonyl (C=O) groups is 2. The van der Waals surface area contributed by atoms with Gasteiger partial charge in [0.1, 0.15) is 5.60 Å². The first-order valence-corrected chi connectivity index (χ1v) is 8.87. The Bertz CT molecular complexity index is 631. The molecule has 0 aromatic heterocycles. The second-order valence-electron chi connectivity index (χ2n) is 7.09. The molecular weight excluding hydrogens is 320 g/mol. The molecule has 6 nitrogen and oxygen atoms in total. The van der Waals surface area contributed by atoms with Gasteiger partial charge in [0.25, 0.3) is 0 Å². The smallest absolute Gasteiger partial charge is 0.242 e. The van der Waals surface area contributed by atoms with Gasteiger partial charge in [-0.2, -0.15) is 0 Å². The van der Waals surface area contributed by atoms with E-state index in [1.807, 2.05) is 31.2 Å². The fraction of sp³-hybridized carbons (Fsp3) is 0.579. The minimum absolute atomic E-state index is 0.0506. The Balaban J connectivity index is 1.65. The molecule has 2 fully saturated rings. The molecule has 0 aliphatic carbocycles. The zero-order valence-electron chi connectivity index (χ0n) is 14.7. The van der Waals surface area contributed by atoms with Crippen LogP contribution in [0.3, 0.4) is 0 Å². The molecule has 0 bridgehead atoms. The van der Waals surface area contributed by atoms with Gasteiger partial charge in [-0.3, -0.25) is 9.59 Å². The molecule has 136 valence electrons. The molecule has 2 heterocycles. The summed E-state index contributed by atoms with van der Waals surface area (Å²) in [6.45, 7) is 3.91. The van der Waals surface area contributed by atoms with Crippen molar-refractivity contribution in [3.63, 3.8) is 0 Å². The summed E-state index contributed by atoms with van der Waals surface area (Å²) in [4.78, 5) is 27.7. The van der Waals surface area contributed by atoms with E-state index in [1.165, 1.54) is 5.56 Å². The van der Waals surface area contributed by atoms with Crippen molar-refractivity contribution in [2.24, 2.45) is 0 Å². The van der Waals surface area contributed by atoms with Gasteiger partial charge in [0.05, 0.1) is 26.3 Å². The zero-order chi connectivity index (χ0) is 17.9. The molecular formula is C19H26N2O4. The van der Waals surface area contributed by atoms with Gasteiger partial charge in [-0.1, -0.05) is 29.8 Å². The lowest BCUT2D eigenvalue weighted by Gasteiger charge is -2.42. The van der Waals surface area contributed by atoms with Crippen molar-refractivity contribution in [1.29, 1.82) is 0 Å². The molecule has 0 radical (unpaired) electrons. The second kappa shape index (κ2) is 7.54. The summed E-state index contributed by atoms with van der Waals surface area (Å²) in [6.07, 6.45) is 1.91. The molecule has 2 saturated heterocycles. The highest BCUT2D eigenvalue weighted by Crippen LogP contribution is 2.24. The van der Waals surface area contributed by atoms with Crippen molar-refractivity contribution in [2.75, 3.05) is 39.4 Å². The molecule has 2 amide bonds. The summed E-state index contributed by atoms with van der Waals surface area (Å²) in [7, 11) is 0. The van der Waals surface area contributed by atoms with Crippen molar-refractivity contribution in [3.8, 4) is 0 Å². The SMILES string of the molecule is Cc1ccc(CC2(CO)CN(C(=O)CN3CCCC3=O)CCO2)cc1. The Hall–Kier alpha value is -1.92. The third kappa shape index (κ3) is 4.19. The first-order chi connectivity index (χ1) is 12.0. The number of aliphatic hydroxyl groups excluding tert-OH is 1. The summed E-state index contributed by atoms with van der Waals surface area (Å²) >= 11 is 0. The highest BCUT2D eigenvalue weighted by atomic mass is 16.5. The predicted octanol–water partition coefficient (Wildman–Crippen LogP) is 0.750. The van der Waals surface area contributed by atoms with Crippen LogP contribution in [0.2, 0.25) is 0 Å². The van der Waals surface area contributed by atoms with Gasteiger partial charge in [0.2, 0.25) is 11.8 Å². The summed E-state index contributed by atoms with van der Waals surface area (Å²) < 4.78 is 5.90. The maximum Gasteiger partial charge on any atom is 0.242 e. The van der Waals surface area contributed by atoms with E-state index in [0.717, 1.165) is 12.0 Å². The lowest BCUT2D eigenvalue weighted by atomic mass is 9.92. The monoisotopic (exact) mass is 346 g/mol. The number of carbonyl (C=O) groups excluding carboxylic acids is 2. The van der Waals surface area contributed by atoms with Crippen LogP contribution in [0.1, 0.15) is 24.0 Å². The molecule has 2 aliphatic rings. The number of aliphatic hydroxyl groups is 1. The number of ether oxygens (including phenoxy) is 1. The molecule has 0 saturated carbocycles. The number of benzene rings is 1. The van der Waals surface area contributed by atoms with Crippen LogP contribution in [-0.4, -0.2) is 71.7 Å². The fourth-order valence-corrected chi connectivity index (χ4v) is 3.53. The average Bonchev–Trinajstić information content (AvgIpc) is 3.02. The maximum atomic E-state index is 12.6. The van der Waals surface area contributed by atoms with Gasteiger partial charge in [-0.15, -0.1) is 0 Å². The Morgan fingerprint density at radius 1 is 1.28 bits per heavy atom. The molecule has 3 rings (SSSR count). The Morgan fingerprint density at radius 2 is 2.04 bits per heavy atom. The second-order valence-corrected chi connectivity index (χ2v) is 7.09. The number of rotatable bonds is 5. The Labute approximate surface area is 148 Å². The van der Waals surface area contributed by atoms with E-state index in [0.29, 0.717) is 39.1 Å². The molecule has 1 N–H and O–H groups in total. The van der Waals surface area contributed by atoms with Gasteiger partial charge in [0, 0.05) is 25.9 Å². The fourth-order valence-electron chi connectivity index (χ4n) is 3.53. The van der Waals surface area contributed by atoms with Crippen LogP contribution in [0.4, 0.5) is 0 Å². The molecule has 25 heavy (non-hydrogen) atoms. The van der Waals surface area contributed by atoms with Gasteiger partial charge in [-0.05, 0) is 18.9 Å². The number of aryl methyl sites for hydroxylation is 1. The van der Waals surface area contributed by atoms with Crippen LogP contribution in [-0.2, 0) is 20.7 Å². The van der Waals surface area contributed by atoms with Gasteiger partial charge < -0.3 is 19.6 Å². The zero-order valence-corrected chi connectivity index (χ0v) is 14.7. The van der Waals surface area contributed by atoms with Crippen molar-refractivity contribution < 1.29 is 19.4 Å². The lowest BCUT2D eigenvalue weighted by molar-refractivity contribution is -0.159. The standard InChI is InChI=1S/C19H26N2O4/c1-15-4-6-16(7-5-15)11-19(14-22)13-21(9-10-25-19)18(24)12-20-8-2-3-17(20)23/h4-7,22H,2-3,8-14H2,1H3. The van der Waals surface area contributed by atoms with Crippen molar-refractivity contribution >= 4 is 11.8 Å². The van der Waals surface area contributed by atoms with E-state index >= 15 is 0 Å². The van der Waals surface area contributed by atoms with Crippen LogP contribution < -0.4 is 0 Å². The quantitative estimate of drug-likeness (QED) is 0.854. The lowest BCUT2D eigenvalue weighted by Crippen LogP contribution is -2.58. The number of nitrogens with zero attached hydrogens (tertiary/aromatic N) is 2. The van der Waals surface area contributed by atoms with Crippen molar-refractivity contribution in [1.82, 2.24) is 9.80 Å². The normalized spacial score (nSPS) is 24.0. The summed E-state index contributed by atoms with van der Waals surface area (Å²) in [5, 5.41) is 9.96. The highest BCUT2D eigenvalue weighted by molar-refractivity contribution is 5.86. The van der Waals surface area contributed by atoms with E-state index in [-0.39, 0.29) is 25.0 Å². The first kappa shape index (κ1) is 17.9. The van der Waals surface area contributed by atoms with Gasteiger partial charge in [-0.25, -0.2) is 0 Å². The predicted molar refractivity (Wildman–Crippen MR) is 93.0 cm³/mol. The van der Waals surface area contributed by atoms with E-state index in [9.17, 15) is 14.7 Å². The van der Waals surface area contributed by atoms with E-state index in [1.54, 1.807) is 9.80 Å². The third-order valence-corrected chi connectivity index (χ3v) is 5.03. The van der Waals surface area contributed by atoms with Gasteiger partial charge >= 0.3 is 0 Å². The third-order valence-electron chi connectivity index (χ3n) is 5.03. The summed E-state index contributed by atoms with van der Waals surface area (Å²) in [5.74, 6) is -0.0185. The van der Waals surface area contributed by atoms with Gasteiger partial charge in [0.15, 0.2) is 0 Å².